The number of methoxy groups -OCH3 is 1. The van der Waals surface area contributed by atoms with Crippen LogP contribution in [-0.4, -0.2) is 40.1 Å². The van der Waals surface area contributed by atoms with Gasteiger partial charge in [0, 0.05) is 36.9 Å². The fourth-order valence-corrected chi connectivity index (χ4v) is 2.85. The van der Waals surface area contributed by atoms with E-state index in [9.17, 15) is 0 Å². The Kier molecular flexibility index (Phi) is 4.40. The van der Waals surface area contributed by atoms with E-state index >= 15 is 0 Å². The van der Waals surface area contributed by atoms with Crippen molar-refractivity contribution in [2.75, 3.05) is 20.2 Å². The minimum atomic E-state index is 0.426. The molecule has 1 aliphatic rings. The van der Waals surface area contributed by atoms with Crippen LogP contribution in [0.25, 0.3) is 0 Å². The average Bonchev–Trinajstić information content (AvgIpc) is 2.57. The van der Waals surface area contributed by atoms with Crippen molar-refractivity contribution in [3.63, 3.8) is 0 Å². The average molecular weight is 284 g/mol. The first kappa shape index (κ1) is 13.9. The van der Waals surface area contributed by atoms with Crippen molar-refractivity contribution in [3.05, 3.63) is 48.0 Å². The lowest BCUT2D eigenvalue weighted by molar-refractivity contribution is 0.204. The van der Waals surface area contributed by atoms with Crippen LogP contribution in [0.4, 0.5) is 0 Å². The topological polar surface area (TPSA) is 51.1 Å². The maximum absolute atomic E-state index is 4.98. The van der Waals surface area contributed by atoms with E-state index in [0.717, 1.165) is 25.2 Å². The minimum absolute atomic E-state index is 0.426. The number of ether oxygens (including phenoxy) is 1. The molecule has 0 bridgehead atoms. The third-order valence-electron chi connectivity index (χ3n) is 4.04. The summed E-state index contributed by atoms with van der Waals surface area (Å²) in [6.07, 6.45) is 9.86. The summed E-state index contributed by atoms with van der Waals surface area (Å²) in [7, 11) is 1.58. The third-order valence-corrected chi connectivity index (χ3v) is 4.04. The van der Waals surface area contributed by atoms with Crippen LogP contribution < -0.4 is 4.74 Å². The zero-order valence-electron chi connectivity index (χ0n) is 12.3. The van der Waals surface area contributed by atoms with Crippen molar-refractivity contribution in [1.82, 2.24) is 19.9 Å². The normalized spacial score (nSPS) is 16.8. The van der Waals surface area contributed by atoms with Crippen LogP contribution in [-0.2, 0) is 6.54 Å². The monoisotopic (exact) mass is 284 g/mol. The fourth-order valence-electron chi connectivity index (χ4n) is 2.85. The second-order valence-corrected chi connectivity index (χ2v) is 5.41. The highest BCUT2D eigenvalue weighted by Crippen LogP contribution is 2.28. The lowest BCUT2D eigenvalue weighted by atomic mass is 9.90. The summed E-state index contributed by atoms with van der Waals surface area (Å²) < 4.78 is 4.98. The van der Waals surface area contributed by atoms with Crippen LogP contribution in [0, 0.1) is 0 Å². The summed E-state index contributed by atoms with van der Waals surface area (Å²) in [5.41, 5.74) is 2.55. The van der Waals surface area contributed by atoms with E-state index in [1.54, 1.807) is 7.11 Å². The number of hydrogen-bond donors (Lipinski definition) is 0. The molecule has 0 radical (unpaired) electrons. The molecule has 0 aliphatic carbocycles. The molecule has 0 amide bonds. The van der Waals surface area contributed by atoms with Crippen molar-refractivity contribution >= 4 is 0 Å². The molecule has 0 spiro atoms. The van der Waals surface area contributed by atoms with Crippen LogP contribution in [0.15, 0.2) is 36.9 Å². The van der Waals surface area contributed by atoms with Crippen LogP contribution in [0.3, 0.4) is 0 Å². The lowest BCUT2D eigenvalue weighted by Crippen LogP contribution is -2.32. The molecule has 2 aromatic rings. The van der Waals surface area contributed by atoms with Crippen LogP contribution in [0.5, 0.6) is 6.01 Å². The molecule has 3 heterocycles. The summed E-state index contributed by atoms with van der Waals surface area (Å²) >= 11 is 0. The molecule has 2 aromatic heterocycles. The van der Waals surface area contributed by atoms with Gasteiger partial charge in [-0.15, -0.1) is 0 Å². The summed E-state index contributed by atoms with van der Waals surface area (Å²) in [4.78, 5) is 14.9. The Balaban J connectivity index is 1.53. The SMILES string of the molecule is COc1ncc(CN2CCC(c3ccncc3)CC2)cn1. The number of nitrogens with zero attached hydrogens (tertiary/aromatic N) is 4. The zero-order chi connectivity index (χ0) is 14.5. The van der Waals surface area contributed by atoms with Gasteiger partial charge in [-0.3, -0.25) is 9.88 Å². The number of piperidine rings is 1. The Morgan fingerprint density at radius 1 is 1.14 bits per heavy atom. The van der Waals surface area contributed by atoms with Gasteiger partial charge in [-0.05, 0) is 49.5 Å². The molecule has 110 valence electrons. The van der Waals surface area contributed by atoms with Gasteiger partial charge in [-0.1, -0.05) is 0 Å². The number of aromatic nitrogens is 3. The van der Waals surface area contributed by atoms with E-state index in [2.05, 4.69) is 32.0 Å². The second kappa shape index (κ2) is 6.63. The molecule has 21 heavy (non-hydrogen) atoms. The first-order valence-corrected chi connectivity index (χ1v) is 7.32. The van der Waals surface area contributed by atoms with Crippen molar-refractivity contribution in [2.45, 2.75) is 25.3 Å². The number of pyridine rings is 1. The lowest BCUT2D eigenvalue weighted by Gasteiger charge is -2.32. The van der Waals surface area contributed by atoms with E-state index in [1.165, 1.54) is 18.4 Å². The predicted molar refractivity (Wildman–Crippen MR) is 80.1 cm³/mol. The number of rotatable bonds is 4. The predicted octanol–water partition coefficient (Wildman–Crippen LogP) is 2.26. The molecule has 1 saturated heterocycles. The maximum Gasteiger partial charge on any atom is 0.316 e. The van der Waals surface area contributed by atoms with Gasteiger partial charge in [0.1, 0.15) is 0 Å². The highest BCUT2D eigenvalue weighted by Gasteiger charge is 2.20. The van der Waals surface area contributed by atoms with Crippen LogP contribution >= 0.6 is 0 Å². The third kappa shape index (κ3) is 3.55. The molecule has 5 nitrogen and oxygen atoms in total. The maximum atomic E-state index is 4.98. The molecule has 0 N–H and O–H groups in total. The highest BCUT2D eigenvalue weighted by molar-refractivity contribution is 5.16. The molecule has 5 heteroatoms. The molecule has 0 aromatic carbocycles. The zero-order valence-corrected chi connectivity index (χ0v) is 12.3. The van der Waals surface area contributed by atoms with Crippen molar-refractivity contribution in [3.8, 4) is 6.01 Å². The summed E-state index contributed by atoms with van der Waals surface area (Å²) in [6, 6.07) is 4.70. The van der Waals surface area contributed by atoms with E-state index < -0.39 is 0 Å². The van der Waals surface area contributed by atoms with Gasteiger partial charge in [0.15, 0.2) is 0 Å². The fraction of sp³-hybridized carbons (Fsp3) is 0.438. The molecular weight excluding hydrogens is 264 g/mol. The first-order chi connectivity index (χ1) is 10.3. The Bertz CT molecular complexity index is 550. The molecule has 0 atom stereocenters. The van der Waals surface area contributed by atoms with Gasteiger partial charge >= 0.3 is 6.01 Å². The van der Waals surface area contributed by atoms with Crippen LogP contribution in [0.2, 0.25) is 0 Å². The van der Waals surface area contributed by atoms with E-state index in [-0.39, 0.29) is 0 Å². The van der Waals surface area contributed by atoms with Gasteiger partial charge in [0.25, 0.3) is 0 Å². The summed E-state index contributed by atoms with van der Waals surface area (Å²) in [6.45, 7) is 3.13. The standard InChI is InChI=1S/C16H20N4O/c1-21-16-18-10-13(11-19-16)12-20-8-4-15(5-9-20)14-2-6-17-7-3-14/h2-3,6-7,10-11,15H,4-5,8-9,12H2,1H3. The molecule has 0 unspecified atom stereocenters. The van der Waals surface area contributed by atoms with E-state index in [1.807, 2.05) is 24.8 Å². The molecule has 1 aliphatic heterocycles. The highest BCUT2D eigenvalue weighted by atomic mass is 16.5. The van der Waals surface area contributed by atoms with Gasteiger partial charge < -0.3 is 4.74 Å². The molecular formula is C16H20N4O. The molecule has 0 saturated carbocycles. The van der Waals surface area contributed by atoms with Gasteiger partial charge in [-0.25, -0.2) is 9.97 Å². The Morgan fingerprint density at radius 2 is 1.81 bits per heavy atom. The number of likely N-dealkylation sites (tertiary alicyclic amines) is 1. The van der Waals surface area contributed by atoms with Crippen molar-refractivity contribution in [2.24, 2.45) is 0 Å². The van der Waals surface area contributed by atoms with Gasteiger partial charge in [0.2, 0.25) is 0 Å². The summed E-state index contributed by atoms with van der Waals surface area (Å²) in [5, 5.41) is 0. The Morgan fingerprint density at radius 3 is 2.43 bits per heavy atom. The Hall–Kier alpha value is -2.01. The van der Waals surface area contributed by atoms with E-state index in [0.29, 0.717) is 11.9 Å². The molecule has 1 fully saturated rings. The van der Waals surface area contributed by atoms with Gasteiger partial charge in [-0.2, -0.15) is 0 Å². The largest absolute Gasteiger partial charge is 0.467 e. The first-order valence-electron chi connectivity index (χ1n) is 7.32. The number of hydrogen-bond acceptors (Lipinski definition) is 5. The minimum Gasteiger partial charge on any atom is -0.467 e. The Labute approximate surface area is 125 Å². The van der Waals surface area contributed by atoms with Crippen molar-refractivity contribution in [1.29, 1.82) is 0 Å². The van der Waals surface area contributed by atoms with Crippen LogP contribution in [0.1, 0.15) is 29.9 Å². The van der Waals surface area contributed by atoms with E-state index in [4.69, 9.17) is 4.74 Å². The second-order valence-electron chi connectivity index (χ2n) is 5.41. The van der Waals surface area contributed by atoms with Gasteiger partial charge in [0.05, 0.1) is 7.11 Å². The summed E-state index contributed by atoms with van der Waals surface area (Å²) in [5.74, 6) is 0.663. The molecule has 3 rings (SSSR count). The quantitative estimate of drug-likeness (QED) is 0.862. The van der Waals surface area contributed by atoms with Crippen molar-refractivity contribution < 1.29 is 4.74 Å². The smallest absolute Gasteiger partial charge is 0.316 e.